The average Bonchev–Trinajstić information content (AvgIpc) is 2.36. The van der Waals surface area contributed by atoms with Gasteiger partial charge in [-0.1, -0.05) is 13.8 Å². The lowest BCUT2D eigenvalue weighted by Crippen LogP contribution is -2.51. The molecule has 1 unspecified atom stereocenters. The number of nitro benzene ring substituents is 1. The van der Waals surface area contributed by atoms with Crippen molar-refractivity contribution in [1.29, 1.82) is 0 Å². The minimum Gasteiger partial charge on any atom is -0.329 e. The van der Waals surface area contributed by atoms with Crippen LogP contribution in [0.1, 0.15) is 27.2 Å². The van der Waals surface area contributed by atoms with Crippen molar-refractivity contribution in [2.75, 3.05) is 6.54 Å². The largest absolute Gasteiger partial charge is 0.329 e. The second-order valence-corrected chi connectivity index (χ2v) is 8.38. The first kappa shape index (κ1) is 19.0. The van der Waals surface area contributed by atoms with E-state index in [9.17, 15) is 18.5 Å². The Morgan fingerprint density at radius 3 is 2.45 bits per heavy atom. The molecule has 0 spiro atoms. The van der Waals surface area contributed by atoms with Gasteiger partial charge in [-0.3, -0.25) is 10.1 Å². The molecule has 0 bridgehead atoms. The Balaban J connectivity index is 3.14. The van der Waals surface area contributed by atoms with E-state index >= 15 is 0 Å². The summed E-state index contributed by atoms with van der Waals surface area (Å²) in [6.45, 7) is 5.85. The predicted molar refractivity (Wildman–Crippen MR) is 88.0 cm³/mol. The van der Waals surface area contributed by atoms with E-state index in [0.717, 1.165) is 6.07 Å². The summed E-state index contributed by atoms with van der Waals surface area (Å²) in [5.41, 5.74) is 4.74. The molecule has 1 atom stereocenters. The zero-order valence-corrected chi connectivity index (χ0v) is 15.1. The summed E-state index contributed by atoms with van der Waals surface area (Å²) in [5, 5.41) is 10.8. The lowest BCUT2D eigenvalue weighted by atomic mass is 9.92. The van der Waals surface area contributed by atoms with Crippen molar-refractivity contribution in [3.8, 4) is 0 Å². The molecule has 0 amide bonds. The van der Waals surface area contributed by atoms with Gasteiger partial charge in [-0.15, -0.1) is 0 Å². The highest BCUT2D eigenvalue weighted by molar-refractivity contribution is 9.10. The van der Waals surface area contributed by atoms with E-state index in [1.54, 1.807) is 6.92 Å². The van der Waals surface area contributed by atoms with Gasteiger partial charge in [0.15, 0.2) is 0 Å². The number of nitro groups is 1. The van der Waals surface area contributed by atoms with E-state index in [1.165, 1.54) is 12.1 Å². The van der Waals surface area contributed by atoms with Gasteiger partial charge in [-0.05, 0) is 47.3 Å². The topological polar surface area (TPSA) is 115 Å². The molecule has 1 aromatic carbocycles. The van der Waals surface area contributed by atoms with E-state index in [1.807, 2.05) is 13.8 Å². The highest BCUT2D eigenvalue weighted by Gasteiger charge is 2.31. The van der Waals surface area contributed by atoms with E-state index in [4.69, 9.17) is 5.73 Å². The minimum atomic E-state index is -3.82. The van der Waals surface area contributed by atoms with Crippen LogP contribution in [0.4, 0.5) is 5.69 Å². The quantitative estimate of drug-likeness (QED) is 0.544. The van der Waals surface area contributed by atoms with Crippen LogP contribution in [0.2, 0.25) is 0 Å². The Kier molecular flexibility index (Phi) is 6.08. The third kappa shape index (κ3) is 4.73. The number of benzene rings is 1. The Morgan fingerprint density at radius 1 is 1.45 bits per heavy atom. The molecule has 0 saturated carbocycles. The van der Waals surface area contributed by atoms with E-state index in [0.29, 0.717) is 6.42 Å². The maximum atomic E-state index is 12.5. The minimum absolute atomic E-state index is 0.0478. The molecule has 1 aromatic rings. The van der Waals surface area contributed by atoms with Crippen LogP contribution in [0, 0.1) is 16.0 Å². The number of nitrogens with two attached hydrogens (primary N) is 1. The van der Waals surface area contributed by atoms with E-state index in [2.05, 4.69) is 20.7 Å². The van der Waals surface area contributed by atoms with Crippen molar-refractivity contribution in [3.63, 3.8) is 0 Å². The molecule has 0 saturated heterocycles. The number of hydrogen-bond donors (Lipinski definition) is 2. The first-order chi connectivity index (χ1) is 10.0. The number of nitrogens with one attached hydrogen (secondary N) is 1. The van der Waals surface area contributed by atoms with Gasteiger partial charge in [-0.25, -0.2) is 13.1 Å². The van der Waals surface area contributed by atoms with Gasteiger partial charge in [-0.2, -0.15) is 0 Å². The summed E-state index contributed by atoms with van der Waals surface area (Å²) in [5.74, 6) is 0.264. The fourth-order valence-electron chi connectivity index (χ4n) is 2.25. The fraction of sp³-hybridized carbons (Fsp3) is 0.538. The van der Waals surface area contributed by atoms with Gasteiger partial charge < -0.3 is 5.73 Å². The van der Waals surface area contributed by atoms with Crippen LogP contribution in [0.3, 0.4) is 0 Å². The van der Waals surface area contributed by atoms with Crippen LogP contribution in [-0.2, 0) is 10.0 Å². The summed E-state index contributed by atoms with van der Waals surface area (Å²) in [6, 6.07) is 3.57. The van der Waals surface area contributed by atoms with Gasteiger partial charge in [0.2, 0.25) is 10.0 Å². The van der Waals surface area contributed by atoms with Crippen molar-refractivity contribution < 1.29 is 13.3 Å². The van der Waals surface area contributed by atoms with E-state index in [-0.39, 0.29) is 27.5 Å². The summed E-state index contributed by atoms with van der Waals surface area (Å²) in [6.07, 6.45) is 0.580. The standard InChI is InChI=1S/C13H20BrN3O4S/c1-9(2)7-13(3,8-15)16-22(20,21)10-4-5-12(17(18)19)11(14)6-10/h4-6,9,16H,7-8,15H2,1-3H3. The van der Waals surface area contributed by atoms with Crippen LogP contribution < -0.4 is 10.5 Å². The summed E-state index contributed by atoms with van der Waals surface area (Å²) < 4.78 is 27.6. The number of halogens is 1. The molecule has 7 nitrogen and oxygen atoms in total. The third-order valence-electron chi connectivity index (χ3n) is 3.12. The molecule has 0 radical (unpaired) electrons. The lowest BCUT2D eigenvalue weighted by molar-refractivity contribution is -0.385. The fourth-order valence-corrected chi connectivity index (χ4v) is 4.38. The first-order valence-corrected chi connectivity index (χ1v) is 8.96. The molecule has 0 heterocycles. The molecule has 0 fully saturated rings. The van der Waals surface area contributed by atoms with Crippen LogP contribution >= 0.6 is 15.9 Å². The highest BCUT2D eigenvalue weighted by Crippen LogP contribution is 2.28. The number of sulfonamides is 1. The molecule has 9 heteroatoms. The second-order valence-electron chi connectivity index (χ2n) is 5.84. The molecule has 22 heavy (non-hydrogen) atoms. The normalized spacial score (nSPS) is 14.8. The summed E-state index contributed by atoms with van der Waals surface area (Å²) in [4.78, 5) is 10.1. The van der Waals surface area contributed by atoms with Gasteiger partial charge in [0.1, 0.15) is 0 Å². The van der Waals surface area contributed by atoms with Crippen molar-refractivity contribution in [3.05, 3.63) is 32.8 Å². The SMILES string of the molecule is CC(C)CC(C)(CN)NS(=O)(=O)c1ccc([N+](=O)[O-])c(Br)c1. The van der Waals surface area contributed by atoms with Crippen molar-refractivity contribution in [2.24, 2.45) is 11.7 Å². The molecule has 0 aromatic heterocycles. The molecular formula is C13H20BrN3O4S. The molecule has 1 rings (SSSR count). The maximum absolute atomic E-state index is 12.5. The Morgan fingerprint density at radius 2 is 2.05 bits per heavy atom. The number of nitrogens with zero attached hydrogens (tertiary/aromatic N) is 1. The van der Waals surface area contributed by atoms with Gasteiger partial charge in [0, 0.05) is 18.2 Å². The summed E-state index contributed by atoms with van der Waals surface area (Å²) >= 11 is 3.02. The van der Waals surface area contributed by atoms with Crippen LogP contribution in [-0.4, -0.2) is 25.4 Å². The Bertz CT molecular complexity index is 663. The van der Waals surface area contributed by atoms with Crippen LogP contribution in [0.15, 0.2) is 27.6 Å². The zero-order chi connectivity index (χ0) is 17.1. The molecular weight excluding hydrogens is 374 g/mol. The van der Waals surface area contributed by atoms with Crippen LogP contribution in [0.5, 0.6) is 0 Å². The molecule has 124 valence electrons. The monoisotopic (exact) mass is 393 g/mol. The van der Waals surface area contributed by atoms with Gasteiger partial charge in [0.05, 0.1) is 14.3 Å². The smallest absolute Gasteiger partial charge is 0.283 e. The van der Waals surface area contributed by atoms with Crippen molar-refractivity contribution in [1.82, 2.24) is 4.72 Å². The molecule has 3 N–H and O–H groups in total. The third-order valence-corrected chi connectivity index (χ3v) is 5.39. The summed E-state index contributed by atoms with van der Waals surface area (Å²) in [7, 11) is -3.82. The van der Waals surface area contributed by atoms with E-state index < -0.39 is 20.5 Å². The number of rotatable bonds is 7. The van der Waals surface area contributed by atoms with Crippen molar-refractivity contribution >= 4 is 31.6 Å². The molecule has 0 aliphatic rings. The average molecular weight is 394 g/mol. The Labute approximate surface area is 138 Å². The van der Waals surface area contributed by atoms with Crippen LogP contribution in [0.25, 0.3) is 0 Å². The van der Waals surface area contributed by atoms with Gasteiger partial charge >= 0.3 is 0 Å². The van der Waals surface area contributed by atoms with Gasteiger partial charge in [0.25, 0.3) is 5.69 Å². The molecule has 0 aliphatic heterocycles. The lowest BCUT2D eigenvalue weighted by Gasteiger charge is -2.30. The zero-order valence-electron chi connectivity index (χ0n) is 12.7. The van der Waals surface area contributed by atoms with Crippen molar-refractivity contribution in [2.45, 2.75) is 37.6 Å². The Hall–Kier alpha value is -1.03. The molecule has 0 aliphatic carbocycles. The maximum Gasteiger partial charge on any atom is 0.283 e. The predicted octanol–water partition coefficient (Wildman–Crippen LogP) is 2.40. The number of hydrogen-bond acceptors (Lipinski definition) is 5. The first-order valence-electron chi connectivity index (χ1n) is 6.69. The second kappa shape index (κ2) is 7.03. The highest BCUT2D eigenvalue weighted by atomic mass is 79.9.